The van der Waals surface area contributed by atoms with Gasteiger partial charge in [-0.15, -0.1) is 0 Å². The Hall–Kier alpha value is -1.67. The molecule has 0 radical (unpaired) electrons. The summed E-state index contributed by atoms with van der Waals surface area (Å²) >= 11 is 0. The van der Waals surface area contributed by atoms with E-state index in [2.05, 4.69) is 22.9 Å². The van der Waals surface area contributed by atoms with Gasteiger partial charge in [0.25, 0.3) is 0 Å². The summed E-state index contributed by atoms with van der Waals surface area (Å²) in [7, 11) is 1.71. The van der Waals surface area contributed by atoms with E-state index in [1.165, 1.54) is 32.1 Å². The number of carbonyl (C=O) groups is 3. The van der Waals surface area contributed by atoms with Gasteiger partial charge in [0.15, 0.2) is 0 Å². The molecule has 2 unspecified atom stereocenters. The van der Waals surface area contributed by atoms with Crippen LogP contribution >= 0.6 is 0 Å². The van der Waals surface area contributed by atoms with Crippen LogP contribution < -0.4 is 16.0 Å². The number of hydrogen-bond acceptors (Lipinski definition) is 5. The highest BCUT2D eigenvalue weighted by Gasteiger charge is 2.40. The lowest BCUT2D eigenvalue weighted by Crippen LogP contribution is -2.57. The summed E-state index contributed by atoms with van der Waals surface area (Å²) in [5.74, 6) is 0.886. The first-order chi connectivity index (χ1) is 17.8. The third-order valence-electron chi connectivity index (χ3n) is 9.27. The molecule has 37 heavy (non-hydrogen) atoms. The molecule has 3 saturated carbocycles. The molecule has 6 atom stereocenters. The van der Waals surface area contributed by atoms with E-state index in [9.17, 15) is 14.4 Å². The summed E-state index contributed by atoms with van der Waals surface area (Å²) in [5, 5.41) is 9.64. The van der Waals surface area contributed by atoms with Crippen LogP contribution in [0, 0.1) is 17.8 Å². The minimum Gasteiger partial charge on any atom is -0.374 e. The van der Waals surface area contributed by atoms with Crippen molar-refractivity contribution in [2.24, 2.45) is 17.8 Å². The molecule has 4 rings (SSSR count). The fourth-order valence-corrected chi connectivity index (χ4v) is 6.60. The highest BCUT2D eigenvalue weighted by Crippen LogP contribution is 2.34. The van der Waals surface area contributed by atoms with Crippen LogP contribution in [-0.4, -0.2) is 73.1 Å². The van der Waals surface area contributed by atoms with E-state index in [-0.39, 0.29) is 36.0 Å². The van der Waals surface area contributed by atoms with Crippen molar-refractivity contribution in [1.29, 1.82) is 0 Å². The standard InChI is InChI=1S/C29H50N4O4/c1-19-18-31-26(23-14-15-23)29(36)33(3)20(2)27(34)32-24(17-21-9-4-5-10-21)28(35)30-16-8-12-22-11-6-7-13-25(22)37-19/h19-26,31H,4-18H2,1-3H3,(H,30,35)(H,32,34)/t19-,20-,22?,24-,25?,26+/m1/s1. The molecule has 0 aromatic carbocycles. The van der Waals surface area contributed by atoms with Crippen LogP contribution in [0.3, 0.4) is 0 Å². The Balaban J connectivity index is 1.49. The maximum Gasteiger partial charge on any atom is 0.243 e. The average Bonchev–Trinajstić information content (AvgIpc) is 3.60. The first kappa shape index (κ1) is 28.3. The summed E-state index contributed by atoms with van der Waals surface area (Å²) in [6.45, 7) is 5.10. The van der Waals surface area contributed by atoms with E-state index < -0.39 is 12.1 Å². The molecule has 3 N–H and O–H groups in total. The van der Waals surface area contributed by atoms with E-state index in [0.717, 1.165) is 44.9 Å². The van der Waals surface area contributed by atoms with E-state index >= 15 is 0 Å². The first-order valence-corrected chi connectivity index (χ1v) is 15.1. The molecular formula is C29H50N4O4. The van der Waals surface area contributed by atoms with Crippen molar-refractivity contribution >= 4 is 17.7 Å². The van der Waals surface area contributed by atoms with Gasteiger partial charge in [0.2, 0.25) is 17.7 Å². The van der Waals surface area contributed by atoms with Gasteiger partial charge in [-0.3, -0.25) is 14.4 Å². The van der Waals surface area contributed by atoms with Gasteiger partial charge in [-0.2, -0.15) is 0 Å². The SMILES string of the molecule is C[C@@H]1CN[C@@H](C2CC2)C(=O)N(C)[C@H](C)C(=O)N[C@H](CC2CCCC2)C(=O)NCCCC2CCCCC2O1. The third kappa shape index (κ3) is 7.92. The summed E-state index contributed by atoms with van der Waals surface area (Å²) < 4.78 is 6.52. The predicted octanol–water partition coefficient (Wildman–Crippen LogP) is 3.14. The largest absolute Gasteiger partial charge is 0.374 e. The first-order valence-electron chi connectivity index (χ1n) is 15.1. The monoisotopic (exact) mass is 518 g/mol. The summed E-state index contributed by atoms with van der Waals surface area (Å²) in [4.78, 5) is 41.6. The molecule has 1 aliphatic heterocycles. The molecular weight excluding hydrogens is 468 g/mol. The number of fused-ring (bicyclic) bond motifs is 1. The van der Waals surface area contributed by atoms with Crippen molar-refractivity contribution in [2.75, 3.05) is 20.1 Å². The lowest BCUT2D eigenvalue weighted by atomic mass is 9.83. The normalized spacial score (nSPS) is 36.3. The third-order valence-corrected chi connectivity index (χ3v) is 9.27. The van der Waals surface area contributed by atoms with Gasteiger partial charge in [0.05, 0.1) is 18.2 Å². The Bertz CT molecular complexity index is 782. The molecule has 8 nitrogen and oxygen atoms in total. The summed E-state index contributed by atoms with van der Waals surface area (Å²) in [5.41, 5.74) is 0. The molecule has 0 bridgehead atoms. The number of likely N-dealkylation sites (N-methyl/N-ethyl adjacent to an activating group) is 1. The second kappa shape index (κ2) is 13.4. The molecule has 210 valence electrons. The van der Waals surface area contributed by atoms with Crippen LogP contribution in [0.4, 0.5) is 0 Å². The zero-order valence-corrected chi connectivity index (χ0v) is 23.3. The number of nitrogens with zero attached hydrogens (tertiary/aromatic N) is 1. The van der Waals surface area contributed by atoms with Crippen molar-refractivity contribution in [2.45, 2.75) is 128 Å². The van der Waals surface area contributed by atoms with Crippen LogP contribution in [0.25, 0.3) is 0 Å². The number of amides is 3. The quantitative estimate of drug-likeness (QED) is 0.533. The minimum atomic E-state index is -0.648. The molecule has 4 fully saturated rings. The van der Waals surface area contributed by atoms with Crippen LogP contribution in [-0.2, 0) is 19.1 Å². The molecule has 3 amide bonds. The number of hydrogen-bond donors (Lipinski definition) is 3. The van der Waals surface area contributed by atoms with Crippen LogP contribution in [0.1, 0.15) is 97.3 Å². The molecule has 3 aliphatic carbocycles. The van der Waals surface area contributed by atoms with E-state index in [1.807, 2.05) is 0 Å². The van der Waals surface area contributed by atoms with E-state index in [4.69, 9.17) is 4.74 Å². The fourth-order valence-electron chi connectivity index (χ4n) is 6.60. The molecule has 4 aliphatic rings. The highest BCUT2D eigenvalue weighted by molar-refractivity contribution is 5.93. The van der Waals surface area contributed by atoms with Gasteiger partial charge in [-0.1, -0.05) is 38.5 Å². The number of ether oxygens (including phenoxy) is 1. The number of carbonyl (C=O) groups excluding carboxylic acids is 3. The summed E-state index contributed by atoms with van der Waals surface area (Å²) in [6.07, 6.45) is 14.3. The molecule has 8 heteroatoms. The van der Waals surface area contributed by atoms with Crippen molar-refractivity contribution in [3.63, 3.8) is 0 Å². The van der Waals surface area contributed by atoms with Gasteiger partial charge in [0, 0.05) is 20.1 Å². The summed E-state index contributed by atoms with van der Waals surface area (Å²) in [6, 6.07) is -1.50. The van der Waals surface area contributed by atoms with Gasteiger partial charge in [-0.05, 0) is 76.5 Å². The number of nitrogens with one attached hydrogen (secondary N) is 3. The Morgan fingerprint density at radius 1 is 0.838 bits per heavy atom. The van der Waals surface area contributed by atoms with Crippen LogP contribution in [0.2, 0.25) is 0 Å². The Morgan fingerprint density at radius 2 is 1.51 bits per heavy atom. The van der Waals surface area contributed by atoms with Gasteiger partial charge in [0.1, 0.15) is 12.1 Å². The van der Waals surface area contributed by atoms with Gasteiger partial charge >= 0.3 is 0 Å². The van der Waals surface area contributed by atoms with E-state index in [0.29, 0.717) is 37.3 Å². The van der Waals surface area contributed by atoms with Gasteiger partial charge in [-0.25, -0.2) is 0 Å². The van der Waals surface area contributed by atoms with Crippen molar-refractivity contribution in [3.05, 3.63) is 0 Å². The molecule has 1 saturated heterocycles. The van der Waals surface area contributed by atoms with E-state index in [1.54, 1.807) is 18.9 Å². The maximum atomic E-state index is 13.5. The maximum absolute atomic E-state index is 13.5. The number of rotatable bonds is 3. The Morgan fingerprint density at radius 3 is 2.24 bits per heavy atom. The molecule has 0 spiro atoms. The highest BCUT2D eigenvalue weighted by atomic mass is 16.5. The molecule has 0 aromatic heterocycles. The molecule has 1 heterocycles. The second-order valence-electron chi connectivity index (χ2n) is 12.3. The Kier molecular flexibility index (Phi) is 10.3. The van der Waals surface area contributed by atoms with Crippen LogP contribution in [0.15, 0.2) is 0 Å². The average molecular weight is 519 g/mol. The molecule has 0 aromatic rings. The topological polar surface area (TPSA) is 99.8 Å². The van der Waals surface area contributed by atoms with Crippen molar-refractivity contribution in [3.8, 4) is 0 Å². The fraction of sp³-hybridized carbons (Fsp3) is 0.897. The van der Waals surface area contributed by atoms with Crippen molar-refractivity contribution in [1.82, 2.24) is 20.9 Å². The zero-order valence-electron chi connectivity index (χ0n) is 23.3. The van der Waals surface area contributed by atoms with Crippen molar-refractivity contribution < 1.29 is 19.1 Å². The van der Waals surface area contributed by atoms with Crippen LogP contribution in [0.5, 0.6) is 0 Å². The smallest absolute Gasteiger partial charge is 0.243 e. The Labute approximate surface area is 223 Å². The van der Waals surface area contributed by atoms with Gasteiger partial charge < -0.3 is 25.6 Å². The zero-order chi connectivity index (χ0) is 26.4. The lowest BCUT2D eigenvalue weighted by Gasteiger charge is -2.35. The second-order valence-corrected chi connectivity index (χ2v) is 12.3. The minimum absolute atomic E-state index is 0.0145. The lowest BCUT2D eigenvalue weighted by molar-refractivity contribution is -0.141. The predicted molar refractivity (Wildman–Crippen MR) is 144 cm³/mol.